The fraction of sp³-hybridized carbons (Fsp3) is 0.276. The molecule has 1 aliphatic carbocycles. The Bertz CT molecular complexity index is 1380. The molecule has 0 unspecified atom stereocenters. The number of thioether (sulfide) groups is 1. The van der Waals surface area contributed by atoms with Gasteiger partial charge in [-0.3, -0.25) is 9.36 Å². The molecule has 4 aromatic rings. The summed E-state index contributed by atoms with van der Waals surface area (Å²) in [6, 6.07) is 18.2. The molecule has 0 bridgehead atoms. The quantitative estimate of drug-likeness (QED) is 0.210. The third-order valence-corrected chi connectivity index (χ3v) is 7.45. The van der Waals surface area contributed by atoms with E-state index in [4.69, 9.17) is 4.98 Å². The highest BCUT2D eigenvalue weighted by molar-refractivity contribution is 7.98. The summed E-state index contributed by atoms with van der Waals surface area (Å²) in [7, 11) is 0. The van der Waals surface area contributed by atoms with Crippen molar-refractivity contribution < 1.29 is 9.18 Å². The molecule has 36 heavy (non-hydrogen) atoms. The predicted octanol–water partition coefficient (Wildman–Crippen LogP) is 6.53. The van der Waals surface area contributed by atoms with Gasteiger partial charge in [0.15, 0.2) is 10.8 Å². The molecule has 184 valence electrons. The van der Waals surface area contributed by atoms with Crippen LogP contribution in [-0.2, 0) is 12.3 Å². The molecule has 1 amide bonds. The molecule has 0 saturated heterocycles. The molecule has 0 spiro atoms. The van der Waals surface area contributed by atoms with Crippen LogP contribution in [0.2, 0.25) is 0 Å². The molecule has 5 rings (SSSR count). The molecule has 0 saturated carbocycles. The molecule has 1 N–H and O–H groups in total. The maximum absolute atomic E-state index is 13.6. The first-order valence-corrected chi connectivity index (χ1v) is 13.4. The molecular weight excluding hydrogens is 471 g/mol. The zero-order valence-electron chi connectivity index (χ0n) is 20.1. The Morgan fingerprint density at radius 3 is 2.75 bits per heavy atom. The highest BCUT2D eigenvalue weighted by atomic mass is 32.2. The summed E-state index contributed by atoms with van der Waals surface area (Å²) in [6.07, 6.45) is 9.87. The van der Waals surface area contributed by atoms with E-state index in [9.17, 15) is 9.18 Å². The van der Waals surface area contributed by atoms with Gasteiger partial charge in [0.1, 0.15) is 11.3 Å². The molecule has 2 aromatic carbocycles. The first kappa shape index (κ1) is 24.3. The van der Waals surface area contributed by atoms with Gasteiger partial charge in [-0.15, -0.1) is 0 Å². The lowest BCUT2D eigenvalue weighted by Crippen LogP contribution is -2.24. The van der Waals surface area contributed by atoms with Gasteiger partial charge in [-0.05, 0) is 79.6 Å². The summed E-state index contributed by atoms with van der Waals surface area (Å²) in [5.74, 6) is 0.328. The van der Waals surface area contributed by atoms with Crippen LogP contribution in [0, 0.1) is 5.82 Å². The van der Waals surface area contributed by atoms with Gasteiger partial charge in [0, 0.05) is 24.1 Å². The summed E-state index contributed by atoms with van der Waals surface area (Å²) >= 11 is 1.56. The SMILES string of the molecule is O=C(NCCC1=CCCCC1)c1ccc(Cn2c(SCc3cccc(F)c3)nc3cccnc32)cc1. The minimum Gasteiger partial charge on any atom is -0.352 e. The monoisotopic (exact) mass is 500 g/mol. The molecular formula is C29H29FN4OS. The maximum Gasteiger partial charge on any atom is 0.251 e. The van der Waals surface area contributed by atoms with Crippen LogP contribution in [0.1, 0.15) is 53.6 Å². The van der Waals surface area contributed by atoms with Crippen LogP contribution in [0.25, 0.3) is 11.2 Å². The van der Waals surface area contributed by atoms with Gasteiger partial charge in [-0.1, -0.05) is 47.7 Å². The Labute approximate surface area is 214 Å². The number of aromatic nitrogens is 3. The van der Waals surface area contributed by atoms with Crippen molar-refractivity contribution in [2.75, 3.05) is 6.54 Å². The topological polar surface area (TPSA) is 59.8 Å². The minimum absolute atomic E-state index is 0.0426. The second kappa shape index (κ2) is 11.5. The second-order valence-corrected chi connectivity index (χ2v) is 10.00. The number of hydrogen-bond acceptors (Lipinski definition) is 4. The van der Waals surface area contributed by atoms with Gasteiger partial charge < -0.3 is 5.32 Å². The number of halogens is 1. The second-order valence-electron chi connectivity index (χ2n) is 9.06. The molecule has 0 radical (unpaired) electrons. The van der Waals surface area contributed by atoms with E-state index in [2.05, 4.69) is 20.9 Å². The molecule has 0 aliphatic heterocycles. The van der Waals surface area contributed by atoms with Crippen molar-refractivity contribution in [3.8, 4) is 0 Å². The van der Waals surface area contributed by atoms with E-state index in [0.29, 0.717) is 24.4 Å². The molecule has 7 heteroatoms. The zero-order valence-corrected chi connectivity index (χ0v) is 20.9. The van der Waals surface area contributed by atoms with Crippen LogP contribution in [0.4, 0.5) is 4.39 Å². The third kappa shape index (κ3) is 6.02. The summed E-state index contributed by atoms with van der Waals surface area (Å²) in [4.78, 5) is 21.9. The number of carbonyl (C=O) groups is 1. The molecule has 5 nitrogen and oxygen atoms in total. The van der Waals surface area contributed by atoms with Crippen LogP contribution in [0.15, 0.2) is 83.7 Å². The fourth-order valence-corrected chi connectivity index (χ4v) is 5.42. The lowest BCUT2D eigenvalue weighted by molar-refractivity contribution is 0.0954. The van der Waals surface area contributed by atoms with Gasteiger partial charge in [0.25, 0.3) is 5.91 Å². The van der Waals surface area contributed by atoms with E-state index >= 15 is 0 Å². The molecule has 2 heterocycles. The number of imidazole rings is 1. The van der Waals surface area contributed by atoms with Crippen LogP contribution in [0.3, 0.4) is 0 Å². The number of benzene rings is 2. The maximum atomic E-state index is 13.6. The molecule has 0 atom stereocenters. The number of nitrogens with zero attached hydrogens (tertiary/aromatic N) is 3. The van der Waals surface area contributed by atoms with Crippen molar-refractivity contribution in [1.82, 2.24) is 19.9 Å². The van der Waals surface area contributed by atoms with Crippen molar-refractivity contribution in [2.24, 2.45) is 0 Å². The van der Waals surface area contributed by atoms with E-state index in [-0.39, 0.29) is 11.7 Å². The van der Waals surface area contributed by atoms with Gasteiger partial charge in [-0.25, -0.2) is 14.4 Å². The predicted molar refractivity (Wildman–Crippen MR) is 143 cm³/mol. The van der Waals surface area contributed by atoms with E-state index in [1.165, 1.54) is 24.5 Å². The number of rotatable bonds is 9. The fourth-order valence-electron chi connectivity index (χ4n) is 4.48. The van der Waals surface area contributed by atoms with Gasteiger partial charge in [-0.2, -0.15) is 0 Å². The van der Waals surface area contributed by atoms with Crippen molar-refractivity contribution in [3.63, 3.8) is 0 Å². The number of fused-ring (bicyclic) bond motifs is 1. The largest absolute Gasteiger partial charge is 0.352 e. The van der Waals surface area contributed by atoms with E-state index in [1.54, 1.807) is 30.1 Å². The van der Waals surface area contributed by atoms with Crippen molar-refractivity contribution in [1.29, 1.82) is 0 Å². The van der Waals surface area contributed by atoms with Crippen LogP contribution >= 0.6 is 11.8 Å². The number of amides is 1. The molecule has 1 aliphatic rings. The van der Waals surface area contributed by atoms with Gasteiger partial charge >= 0.3 is 0 Å². The van der Waals surface area contributed by atoms with E-state index in [0.717, 1.165) is 46.7 Å². The zero-order chi connectivity index (χ0) is 24.7. The molecule has 0 fully saturated rings. The number of nitrogens with one attached hydrogen (secondary N) is 1. The van der Waals surface area contributed by atoms with Crippen LogP contribution in [0.5, 0.6) is 0 Å². The van der Waals surface area contributed by atoms with Crippen molar-refractivity contribution in [2.45, 2.75) is 49.6 Å². The number of hydrogen-bond donors (Lipinski definition) is 1. The number of carbonyl (C=O) groups excluding carboxylic acids is 1. The Kier molecular flexibility index (Phi) is 7.76. The normalized spacial score (nSPS) is 13.5. The Balaban J connectivity index is 1.26. The highest BCUT2D eigenvalue weighted by Crippen LogP contribution is 2.27. The highest BCUT2D eigenvalue weighted by Gasteiger charge is 2.14. The van der Waals surface area contributed by atoms with E-state index in [1.807, 2.05) is 42.5 Å². The Morgan fingerprint density at radius 1 is 1.06 bits per heavy atom. The average Bonchev–Trinajstić information content (AvgIpc) is 3.25. The van der Waals surface area contributed by atoms with Crippen molar-refractivity contribution >= 4 is 28.8 Å². The van der Waals surface area contributed by atoms with Crippen molar-refractivity contribution in [3.05, 3.63) is 101 Å². The average molecular weight is 501 g/mol. The Hall–Kier alpha value is -3.45. The molecule has 2 aromatic heterocycles. The van der Waals surface area contributed by atoms with Gasteiger partial charge in [0.05, 0.1) is 6.54 Å². The first-order valence-electron chi connectivity index (χ1n) is 12.4. The summed E-state index contributed by atoms with van der Waals surface area (Å²) in [5.41, 5.74) is 5.70. The Morgan fingerprint density at radius 2 is 1.94 bits per heavy atom. The lowest BCUT2D eigenvalue weighted by atomic mass is 9.97. The first-order chi connectivity index (χ1) is 17.7. The third-order valence-electron chi connectivity index (χ3n) is 6.40. The van der Waals surface area contributed by atoms with Crippen LogP contribution < -0.4 is 5.32 Å². The summed E-state index contributed by atoms with van der Waals surface area (Å²) in [5, 5.41) is 3.87. The number of allylic oxidation sites excluding steroid dienone is 1. The smallest absolute Gasteiger partial charge is 0.251 e. The van der Waals surface area contributed by atoms with Gasteiger partial charge in [0.2, 0.25) is 0 Å². The van der Waals surface area contributed by atoms with Crippen LogP contribution in [-0.4, -0.2) is 27.0 Å². The summed E-state index contributed by atoms with van der Waals surface area (Å²) < 4.78 is 15.7. The summed E-state index contributed by atoms with van der Waals surface area (Å²) in [6.45, 7) is 1.25. The standard InChI is InChI=1S/C29H29FN4OS/c30-25-9-4-8-23(18-25)20-36-29-33-26-10-5-16-31-27(26)34(29)19-22-11-13-24(14-12-22)28(35)32-17-15-21-6-2-1-3-7-21/h4-6,8-14,16,18H,1-3,7,15,17,19-20H2,(H,32,35). The lowest BCUT2D eigenvalue weighted by Gasteiger charge is -2.13. The van der Waals surface area contributed by atoms with E-state index < -0.39 is 0 Å². The minimum atomic E-state index is -0.238. The number of pyridine rings is 1.